The third-order valence-corrected chi connectivity index (χ3v) is 2.72. The Labute approximate surface area is 117 Å². The van der Waals surface area contributed by atoms with Crippen LogP contribution in [0.3, 0.4) is 0 Å². The molecule has 0 aliphatic heterocycles. The highest BCUT2D eigenvalue weighted by Gasteiger charge is 2.05. The van der Waals surface area contributed by atoms with E-state index in [2.05, 4.69) is 15.8 Å². The number of nitrogens with zero attached hydrogens (tertiary/aromatic N) is 1. The molecule has 0 fully saturated rings. The molecule has 1 heterocycles. The second kappa shape index (κ2) is 6.38. The summed E-state index contributed by atoms with van der Waals surface area (Å²) in [6, 6.07) is 9.96. The molecule has 1 aromatic heterocycles. The van der Waals surface area contributed by atoms with E-state index in [-0.39, 0.29) is 11.7 Å². The van der Waals surface area contributed by atoms with Gasteiger partial charge in [-0.1, -0.05) is 6.08 Å². The van der Waals surface area contributed by atoms with Crippen LogP contribution in [-0.4, -0.2) is 16.0 Å². The van der Waals surface area contributed by atoms with Gasteiger partial charge in [0.2, 0.25) is 0 Å². The zero-order chi connectivity index (χ0) is 14.4. The number of aromatic hydroxyl groups is 1. The Hall–Kier alpha value is -2.82. The lowest BCUT2D eigenvalue weighted by molar-refractivity contribution is 0.0942. The van der Waals surface area contributed by atoms with Crippen LogP contribution in [-0.2, 0) is 0 Å². The number of carbonyl (C=O) groups is 1. The van der Waals surface area contributed by atoms with Gasteiger partial charge in [-0.3, -0.25) is 20.6 Å². The minimum absolute atomic E-state index is 0.199. The second-order valence-corrected chi connectivity index (χ2v) is 4.06. The molecule has 2 aromatic rings. The fourth-order valence-electron chi connectivity index (χ4n) is 1.65. The predicted octanol–water partition coefficient (Wildman–Crippen LogP) is 2.08. The Balaban J connectivity index is 2.02. The minimum Gasteiger partial charge on any atom is -0.508 e. The van der Waals surface area contributed by atoms with Crippen molar-refractivity contribution in [3.05, 3.63) is 66.0 Å². The van der Waals surface area contributed by atoms with Gasteiger partial charge in [0.25, 0.3) is 5.91 Å². The Morgan fingerprint density at radius 2 is 1.70 bits per heavy atom. The summed E-state index contributed by atoms with van der Waals surface area (Å²) >= 11 is 0. The van der Waals surface area contributed by atoms with Gasteiger partial charge in [0.1, 0.15) is 5.75 Å². The van der Waals surface area contributed by atoms with Gasteiger partial charge >= 0.3 is 0 Å². The van der Waals surface area contributed by atoms with Gasteiger partial charge in [-0.15, -0.1) is 0 Å². The molecule has 0 aliphatic rings. The summed E-state index contributed by atoms with van der Waals surface area (Å²) in [5, 5.41) is 9.26. The number of rotatable bonds is 4. The number of phenolic OH excluding ortho intramolecular Hbond substituents is 1. The molecular formula is C15H15N3O2. The molecule has 0 unspecified atom stereocenters. The average Bonchev–Trinajstić information content (AvgIpc) is 2.50. The highest BCUT2D eigenvalue weighted by Crippen LogP contribution is 2.15. The quantitative estimate of drug-likeness (QED) is 0.743. The minimum atomic E-state index is -0.245. The molecule has 1 aromatic carbocycles. The first-order valence-electron chi connectivity index (χ1n) is 6.13. The molecule has 0 spiro atoms. The predicted molar refractivity (Wildman–Crippen MR) is 76.6 cm³/mol. The second-order valence-electron chi connectivity index (χ2n) is 4.06. The molecule has 20 heavy (non-hydrogen) atoms. The molecule has 0 saturated heterocycles. The number of benzene rings is 1. The van der Waals surface area contributed by atoms with Crippen LogP contribution in [0.5, 0.6) is 5.75 Å². The number of aromatic nitrogens is 1. The maximum Gasteiger partial charge on any atom is 0.269 e. The number of hydrogen-bond acceptors (Lipinski definition) is 4. The largest absolute Gasteiger partial charge is 0.508 e. The summed E-state index contributed by atoms with van der Waals surface area (Å²) in [5.74, 6) is -0.0458. The molecule has 0 bridgehead atoms. The summed E-state index contributed by atoms with van der Waals surface area (Å²) < 4.78 is 0. The van der Waals surface area contributed by atoms with Crippen molar-refractivity contribution in [2.45, 2.75) is 6.92 Å². The number of hydrazine groups is 1. The number of pyridine rings is 1. The summed E-state index contributed by atoms with van der Waals surface area (Å²) in [7, 11) is 0. The van der Waals surface area contributed by atoms with Crippen LogP contribution < -0.4 is 10.9 Å². The first-order valence-corrected chi connectivity index (χ1v) is 6.13. The Morgan fingerprint density at radius 3 is 2.30 bits per heavy atom. The first kappa shape index (κ1) is 13.6. The first-order chi connectivity index (χ1) is 9.70. The van der Waals surface area contributed by atoms with Crippen molar-refractivity contribution < 1.29 is 9.90 Å². The third kappa shape index (κ3) is 3.35. The Bertz CT molecular complexity index is 607. The number of hydrogen-bond donors (Lipinski definition) is 3. The van der Waals surface area contributed by atoms with Gasteiger partial charge in [0.15, 0.2) is 0 Å². The fraction of sp³-hybridized carbons (Fsp3) is 0.0667. The number of allylic oxidation sites excluding steroid dienone is 1. The zero-order valence-corrected chi connectivity index (χ0v) is 11.0. The average molecular weight is 269 g/mol. The van der Waals surface area contributed by atoms with E-state index in [4.69, 9.17) is 0 Å². The van der Waals surface area contributed by atoms with Gasteiger partial charge in [-0.05, 0) is 48.9 Å². The lowest BCUT2D eigenvalue weighted by Crippen LogP contribution is -2.36. The molecule has 0 radical (unpaired) electrons. The standard InChI is InChI=1S/C15H15N3O2/c1-2-14(11-3-5-13(19)6-4-11)17-18-15(20)12-7-9-16-10-8-12/h2-10,17,19H,1H3,(H,18,20)/b14-2+. The molecule has 102 valence electrons. The molecule has 5 nitrogen and oxygen atoms in total. The Morgan fingerprint density at radius 1 is 1.05 bits per heavy atom. The highest BCUT2D eigenvalue weighted by atomic mass is 16.3. The van der Waals surface area contributed by atoms with Crippen molar-refractivity contribution in [2.75, 3.05) is 0 Å². The van der Waals surface area contributed by atoms with Gasteiger partial charge in [0, 0.05) is 18.0 Å². The van der Waals surface area contributed by atoms with Crippen LogP contribution >= 0.6 is 0 Å². The maximum atomic E-state index is 11.9. The molecule has 2 rings (SSSR count). The van der Waals surface area contributed by atoms with Crippen molar-refractivity contribution in [3.63, 3.8) is 0 Å². The number of nitrogens with one attached hydrogen (secondary N) is 2. The highest BCUT2D eigenvalue weighted by molar-refractivity contribution is 5.94. The topological polar surface area (TPSA) is 74.2 Å². The van der Waals surface area contributed by atoms with Gasteiger partial charge in [-0.2, -0.15) is 0 Å². The molecule has 1 amide bonds. The Kier molecular flexibility index (Phi) is 4.34. The fourth-order valence-corrected chi connectivity index (χ4v) is 1.65. The molecule has 5 heteroatoms. The molecule has 0 saturated carbocycles. The van der Waals surface area contributed by atoms with E-state index in [0.29, 0.717) is 5.56 Å². The van der Waals surface area contributed by atoms with Crippen LogP contribution in [0.15, 0.2) is 54.9 Å². The summed E-state index contributed by atoms with van der Waals surface area (Å²) in [4.78, 5) is 15.7. The third-order valence-electron chi connectivity index (χ3n) is 2.72. The molecular weight excluding hydrogens is 254 g/mol. The van der Waals surface area contributed by atoms with Crippen molar-refractivity contribution in [3.8, 4) is 5.75 Å². The van der Waals surface area contributed by atoms with Crippen LogP contribution in [0.1, 0.15) is 22.8 Å². The summed E-state index contributed by atoms with van der Waals surface area (Å²) in [5.41, 5.74) is 7.60. The van der Waals surface area contributed by atoms with Crippen molar-refractivity contribution in [1.82, 2.24) is 15.8 Å². The van der Waals surface area contributed by atoms with Gasteiger partial charge in [-0.25, -0.2) is 0 Å². The number of carbonyl (C=O) groups excluding carboxylic acids is 1. The van der Waals surface area contributed by atoms with E-state index < -0.39 is 0 Å². The van der Waals surface area contributed by atoms with Gasteiger partial charge < -0.3 is 5.11 Å². The maximum absolute atomic E-state index is 11.9. The lowest BCUT2D eigenvalue weighted by atomic mass is 10.1. The van der Waals surface area contributed by atoms with Crippen molar-refractivity contribution in [2.24, 2.45) is 0 Å². The molecule has 3 N–H and O–H groups in total. The zero-order valence-electron chi connectivity index (χ0n) is 11.0. The lowest BCUT2D eigenvalue weighted by Gasteiger charge is -2.12. The summed E-state index contributed by atoms with van der Waals surface area (Å²) in [6.07, 6.45) is 4.95. The van der Waals surface area contributed by atoms with Crippen LogP contribution in [0, 0.1) is 0 Å². The van der Waals surface area contributed by atoms with E-state index >= 15 is 0 Å². The number of phenols is 1. The normalized spacial score (nSPS) is 10.9. The van der Waals surface area contributed by atoms with E-state index in [0.717, 1.165) is 11.3 Å². The van der Waals surface area contributed by atoms with E-state index in [1.165, 1.54) is 0 Å². The van der Waals surface area contributed by atoms with Crippen LogP contribution in [0.25, 0.3) is 5.70 Å². The van der Waals surface area contributed by atoms with E-state index in [9.17, 15) is 9.90 Å². The van der Waals surface area contributed by atoms with Crippen molar-refractivity contribution in [1.29, 1.82) is 0 Å². The molecule has 0 aliphatic carbocycles. The van der Waals surface area contributed by atoms with E-state index in [1.54, 1.807) is 48.8 Å². The number of amides is 1. The van der Waals surface area contributed by atoms with Crippen molar-refractivity contribution >= 4 is 11.6 Å². The van der Waals surface area contributed by atoms with Gasteiger partial charge in [0.05, 0.1) is 5.70 Å². The monoisotopic (exact) mass is 269 g/mol. The smallest absolute Gasteiger partial charge is 0.269 e. The van der Waals surface area contributed by atoms with Crippen LogP contribution in [0.4, 0.5) is 0 Å². The summed E-state index contributed by atoms with van der Waals surface area (Å²) in [6.45, 7) is 1.85. The van der Waals surface area contributed by atoms with Crippen LogP contribution in [0.2, 0.25) is 0 Å². The SMILES string of the molecule is C/C=C(/NNC(=O)c1ccncc1)c1ccc(O)cc1. The molecule has 0 atom stereocenters. The van der Waals surface area contributed by atoms with E-state index in [1.807, 2.05) is 13.0 Å².